The van der Waals surface area contributed by atoms with Gasteiger partial charge in [0.05, 0.1) is 17.7 Å². The summed E-state index contributed by atoms with van der Waals surface area (Å²) < 4.78 is 13.5. The van der Waals surface area contributed by atoms with Crippen molar-refractivity contribution in [2.45, 2.75) is 19.1 Å². The van der Waals surface area contributed by atoms with Crippen LogP contribution in [-0.4, -0.2) is 29.2 Å². The number of hydrogen-bond acceptors (Lipinski definition) is 3. The van der Waals surface area contributed by atoms with Gasteiger partial charge in [0, 0.05) is 25.2 Å². The van der Waals surface area contributed by atoms with Crippen LogP contribution in [0, 0.1) is 17.1 Å². The molecule has 16 heavy (non-hydrogen) atoms. The standard InChI is InChI=1S/C12H13FN2O/c13-12-2-1-9(6-14)5-10(12)7-15-4-3-11(16)8-15/h1-2,5,11,16H,3-4,7-8H2. The highest BCUT2D eigenvalue weighted by Gasteiger charge is 2.20. The number of β-amino-alcohol motifs (C(OH)–C–C–N with tert-alkyl or cyclic N) is 1. The molecular weight excluding hydrogens is 207 g/mol. The van der Waals surface area contributed by atoms with Gasteiger partial charge in [-0.05, 0) is 24.6 Å². The van der Waals surface area contributed by atoms with Gasteiger partial charge in [-0.25, -0.2) is 4.39 Å². The molecule has 0 amide bonds. The second kappa shape index (κ2) is 4.60. The minimum absolute atomic E-state index is 0.291. The number of benzene rings is 1. The first-order valence-corrected chi connectivity index (χ1v) is 5.28. The molecule has 1 unspecified atom stereocenters. The van der Waals surface area contributed by atoms with Crippen LogP contribution in [-0.2, 0) is 6.54 Å². The average molecular weight is 220 g/mol. The predicted octanol–water partition coefficient (Wildman–Crippen LogP) is 1.26. The number of hydrogen-bond donors (Lipinski definition) is 1. The van der Waals surface area contributed by atoms with Crippen molar-refractivity contribution in [3.63, 3.8) is 0 Å². The highest BCUT2D eigenvalue weighted by atomic mass is 19.1. The third-order valence-corrected chi connectivity index (χ3v) is 2.82. The lowest BCUT2D eigenvalue weighted by molar-refractivity contribution is 0.174. The van der Waals surface area contributed by atoms with Crippen molar-refractivity contribution in [1.82, 2.24) is 4.90 Å². The Morgan fingerprint density at radius 3 is 3.00 bits per heavy atom. The second-order valence-electron chi connectivity index (χ2n) is 4.10. The fourth-order valence-electron chi connectivity index (χ4n) is 1.96. The quantitative estimate of drug-likeness (QED) is 0.816. The minimum Gasteiger partial charge on any atom is -0.392 e. The number of nitrogens with zero attached hydrogens (tertiary/aromatic N) is 2. The first-order valence-electron chi connectivity index (χ1n) is 5.28. The number of nitriles is 1. The predicted molar refractivity (Wildman–Crippen MR) is 57.0 cm³/mol. The Hall–Kier alpha value is -1.44. The van der Waals surface area contributed by atoms with Gasteiger partial charge in [0.1, 0.15) is 5.82 Å². The van der Waals surface area contributed by atoms with Gasteiger partial charge in [0.25, 0.3) is 0 Å². The number of rotatable bonds is 2. The molecule has 0 bridgehead atoms. The molecule has 4 heteroatoms. The Balaban J connectivity index is 2.12. The lowest BCUT2D eigenvalue weighted by Gasteiger charge is -2.15. The molecule has 1 aliphatic rings. The average Bonchev–Trinajstić information content (AvgIpc) is 2.67. The third-order valence-electron chi connectivity index (χ3n) is 2.82. The molecule has 1 atom stereocenters. The minimum atomic E-state index is -0.304. The van der Waals surface area contributed by atoms with E-state index in [4.69, 9.17) is 5.26 Å². The van der Waals surface area contributed by atoms with Gasteiger partial charge in [-0.2, -0.15) is 5.26 Å². The Kier molecular flexibility index (Phi) is 3.18. The van der Waals surface area contributed by atoms with Crippen molar-refractivity contribution in [2.75, 3.05) is 13.1 Å². The second-order valence-corrected chi connectivity index (χ2v) is 4.10. The van der Waals surface area contributed by atoms with Crippen molar-refractivity contribution in [3.05, 3.63) is 35.1 Å². The summed E-state index contributed by atoms with van der Waals surface area (Å²) in [5.41, 5.74) is 0.990. The molecule has 0 aliphatic carbocycles. The Morgan fingerprint density at radius 1 is 1.56 bits per heavy atom. The van der Waals surface area contributed by atoms with Gasteiger partial charge in [0.15, 0.2) is 0 Å². The van der Waals surface area contributed by atoms with E-state index in [1.807, 2.05) is 11.0 Å². The summed E-state index contributed by atoms with van der Waals surface area (Å²) in [6.07, 6.45) is 0.432. The van der Waals surface area contributed by atoms with E-state index in [0.29, 0.717) is 24.2 Å². The van der Waals surface area contributed by atoms with Crippen LogP contribution in [0.3, 0.4) is 0 Å². The molecule has 84 valence electrons. The maximum absolute atomic E-state index is 13.5. The maximum Gasteiger partial charge on any atom is 0.127 e. The van der Waals surface area contributed by atoms with E-state index in [9.17, 15) is 9.50 Å². The molecule has 2 rings (SSSR count). The fourth-order valence-corrected chi connectivity index (χ4v) is 1.96. The first-order chi connectivity index (χ1) is 7.69. The summed E-state index contributed by atoms with van der Waals surface area (Å²) >= 11 is 0. The highest BCUT2D eigenvalue weighted by Crippen LogP contribution is 2.16. The topological polar surface area (TPSA) is 47.3 Å². The van der Waals surface area contributed by atoms with E-state index >= 15 is 0 Å². The molecule has 1 aromatic carbocycles. The SMILES string of the molecule is N#Cc1ccc(F)c(CN2CCC(O)C2)c1. The third kappa shape index (κ3) is 2.38. The molecule has 0 spiro atoms. The van der Waals surface area contributed by atoms with Crippen molar-refractivity contribution < 1.29 is 9.50 Å². The zero-order chi connectivity index (χ0) is 11.5. The van der Waals surface area contributed by atoms with Crippen molar-refractivity contribution >= 4 is 0 Å². The van der Waals surface area contributed by atoms with Crippen LogP contribution in [0.5, 0.6) is 0 Å². The summed E-state index contributed by atoms with van der Waals surface area (Å²) in [6, 6.07) is 6.35. The smallest absolute Gasteiger partial charge is 0.127 e. The summed E-state index contributed by atoms with van der Waals surface area (Å²) in [4.78, 5) is 1.99. The highest BCUT2D eigenvalue weighted by molar-refractivity contribution is 5.33. The molecule has 1 saturated heterocycles. The van der Waals surface area contributed by atoms with Crippen molar-refractivity contribution in [2.24, 2.45) is 0 Å². The summed E-state index contributed by atoms with van der Waals surface area (Å²) in [7, 11) is 0. The molecule has 1 aliphatic heterocycles. The normalized spacial score (nSPS) is 20.9. The molecule has 0 saturated carbocycles. The van der Waals surface area contributed by atoms with Crippen LogP contribution in [0.2, 0.25) is 0 Å². The molecule has 0 aromatic heterocycles. The lowest BCUT2D eigenvalue weighted by Crippen LogP contribution is -2.22. The Labute approximate surface area is 93.7 Å². The monoisotopic (exact) mass is 220 g/mol. The summed E-state index contributed by atoms with van der Waals surface area (Å²) in [6.45, 7) is 1.81. The summed E-state index contributed by atoms with van der Waals surface area (Å²) in [5.74, 6) is -0.291. The number of aliphatic hydroxyl groups is 1. The van der Waals surface area contributed by atoms with Crippen molar-refractivity contribution in [1.29, 1.82) is 5.26 Å². The van der Waals surface area contributed by atoms with Gasteiger partial charge in [0.2, 0.25) is 0 Å². The van der Waals surface area contributed by atoms with Crippen LogP contribution in [0.25, 0.3) is 0 Å². The number of likely N-dealkylation sites (tertiary alicyclic amines) is 1. The summed E-state index contributed by atoms with van der Waals surface area (Å²) in [5, 5.41) is 18.1. The molecular formula is C12H13FN2O. The van der Waals surface area contributed by atoms with Crippen LogP contribution in [0.1, 0.15) is 17.5 Å². The first kappa shape index (κ1) is 11.1. The van der Waals surface area contributed by atoms with Gasteiger partial charge in [-0.15, -0.1) is 0 Å². The molecule has 1 N–H and O–H groups in total. The molecule has 1 heterocycles. The fraction of sp³-hybridized carbons (Fsp3) is 0.417. The zero-order valence-corrected chi connectivity index (χ0v) is 8.86. The van der Waals surface area contributed by atoms with E-state index in [0.717, 1.165) is 13.0 Å². The van der Waals surface area contributed by atoms with E-state index in [1.54, 1.807) is 6.07 Å². The number of aliphatic hydroxyl groups excluding tert-OH is 1. The van der Waals surface area contributed by atoms with Crippen LogP contribution in [0.15, 0.2) is 18.2 Å². The molecule has 0 radical (unpaired) electrons. The van der Waals surface area contributed by atoms with Crippen LogP contribution < -0.4 is 0 Å². The van der Waals surface area contributed by atoms with Gasteiger partial charge >= 0.3 is 0 Å². The van der Waals surface area contributed by atoms with Gasteiger partial charge in [-0.1, -0.05) is 0 Å². The van der Waals surface area contributed by atoms with E-state index < -0.39 is 0 Å². The largest absolute Gasteiger partial charge is 0.392 e. The number of halogens is 1. The lowest BCUT2D eigenvalue weighted by atomic mass is 10.1. The van der Waals surface area contributed by atoms with E-state index in [-0.39, 0.29) is 11.9 Å². The van der Waals surface area contributed by atoms with Gasteiger partial charge < -0.3 is 5.11 Å². The van der Waals surface area contributed by atoms with E-state index in [2.05, 4.69) is 0 Å². The van der Waals surface area contributed by atoms with Crippen LogP contribution in [0.4, 0.5) is 4.39 Å². The molecule has 1 fully saturated rings. The molecule has 1 aromatic rings. The van der Waals surface area contributed by atoms with Crippen molar-refractivity contribution in [3.8, 4) is 6.07 Å². The Bertz CT molecular complexity index is 428. The van der Waals surface area contributed by atoms with E-state index in [1.165, 1.54) is 12.1 Å². The van der Waals surface area contributed by atoms with Crippen LogP contribution >= 0.6 is 0 Å². The van der Waals surface area contributed by atoms with Gasteiger partial charge in [-0.3, -0.25) is 4.90 Å². The maximum atomic E-state index is 13.5. The zero-order valence-electron chi connectivity index (χ0n) is 8.86. The Morgan fingerprint density at radius 2 is 2.38 bits per heavy atom. The molecule has 3 nitrogen and oxygen atoms in total.